The Morgan fingerprint density at radius 3 is 2.35 bits per heavy atom. The van der Waals surface area contributed by atoms with E-state index in [0.717, 1.165) is 44.4 Å². The molecule has 2 nitrogen and oxygen atoms in total. The van der Waals surface area contributed by atoms with Gasteiger partial charge in [-0.05, 0) is 69.1 Å². The summed E-state index contributed by atoms with van der Waals surface area (Å²) in [6.45, 7) is 2.27. The Morgan fingerprint density at radius 1 is 1.18 bits per heavy atom. The lowest BCUT2D eigenvalue weighted by Gasteiger charge is -2.48. The van der Waals surface area contributed by atoms with E-state index in [1.807, 2.05) is 0 Å². The van der Waals surface area contributed by atoms with Gasteiger partial charge in [0.25, 0.3) is 0 Å². The van der Waals surface area contributed by atoms with Crippen molar-refractivity contribution in [2.75, 3.05) is 0 Å². The molecule has 0 aliphatic heterocycles. The molecule has 3 aliphatic rings. The summed E-state index contributed by atoms with van der Waals surface area (Å²) >= 11 is 0. The van der Waals surface area contributed by atoms with Crippen LogP contribution in [0.25, 0.3) is 0 Å². The lowest BCUT2D eigenvalue weighted by Crippen LogP contribution is -2.52. The summed E-state index contributed by atoms with van der Waals surface area (Å²) in [7, 11) is 0. The van der Waals surface area contributed by atoms with Crippen LogP contribution in [0.2, 0.25) is 0 Å². The summed E-state index contributed by atoms with van der Waals surface area (Å²) in [6, 6.07) is 2.56. The van der Waals surface area contributed by atoms with Gasteiger partial charge in [-0.1, -0.05) is 6.92 Å². The maximum atomic E-state index is 11.1. The number of rotatable bonds is 1. The highest BCUT2D eigenvalue weighted by atomic mass is 16.3. The first kappa shape index (κ1) is 11.5. The molecule has 0 aromatic carbocycles. The smallest absolute Gasteiger partial charge is 0.0864 e. The SMILES string of the molecule is CC1CCC(C#N)(C2(O)CC3CCC2C3)CC1. The lowest BCUT2D eigenvalue weighted by atomic mass is 9.58. The third kappa shape index (κ3) is 1.48. The van der Waals surface area contributed by atoms with Crippen molar-refractivity contribution < 1.29 is 5.11 Å². The summed E-state index contributed by atoms with van der Waals surface area (Å²) in [5.41, 5.74) is -1.07. The molecule has 0 saturated heterocycles. The van der Waals surface area contributed by atoms with E-state index in [1.165, 1.54) is 12.8 Å². The van der Waals surface area contributed by atoms with E-state index < -0.39 is 11.0 Å². The van der Waals surface area contributed by atoms with Gasteiger partial charge in [0.15, 0.2) is 0 Å². The van der Waals surface area contributed by atoms with Crippen LogP contribution >= 0.6 is 0 Å². The van der Waals surface area contributed by atoms with Crippen molar-refractivity contribution in [3.8, 4) is 6.07 Å². The Kier molecular flexibility index (Phi) is 2.52. The number of hydrogen-bond donors (Lipinski definition) is 1. The van der Waals surface area contributed by atoms with Crippen molar-refractivity contribution in [2.24, 2.45) is 23.2 Å². The van der Waals surface area contributed by atoms with Gasteiger partial charge >= 0.3 is 0 Å². The van der Waals surface area contributed by atoms with Crippen LogP contribution in [0.5, 0.6) is 0 Å². The molecular formula is C15H23NO. The van der Waals surface area contributed by atoms with Gasteiger partial charge < -0.3 is 5.11 Å². The van der Waals surface area contributed by atoms with Gasteiger partial charge in [-0.2, -0.15) is 5.26 Å². The van der Waals surface area contributed by atoms with Gasteiger partial charge in [0.05, 0.1) is 17.1 Å². The molecular weight excluding hydrogens is 210 g/mol. The van der Waals surface area contributed by atoms with Crippen molar-refractivity contribution in [1.82, 2.24) is 0 Å². The molecule has 3 rings (SSSR count). The second kappa shape index (κ2) is 3.72. The third-order valence-electron chi connectivity index (χ3n) is 5.99. The molecule has 94 valence electrons. The Labute approximate surface area is 104 Å². The quantitative estimate of drug-likeness (QED) is 0.755. The fourth-order valence-electron chi connectivity index (χ4n) is 4.78. The van der Waals surface area contributed by atoms with Gasteiger partial charge in [0, 0.05) is 0 Å². The number of fused-ring (bicyclic) bond motifs is 2. The van der Waals surface area contributed by atoms with Gasteiger partial charge in [-0.15, -0.1) is 0 Å². The number of hydrogen-bond acceptors (Lipinski definition) is 2. The van der Waals surface area contributed by atoms with E-state index in [4.69, 9.17) is 0 Å². The second-order valence-corrected chi connectivity index (χ2v) is 6.88. The number of nitrogens with zero attached hydrogens (tertiary/aromatic N) is 1. The highest BCUT2D eigenvalue weighted by molar-refractivity contribution is 5.19. The monoisotopic (exact) mass is 233 g/mol. The maximum absolute atomic E-state index is 11.1. The fraction of sp³-hybridized carbons (Fsp3) is 0.933. The largest absolute Gasteiger partial charge is 0.388 e. The third-order valence-corrected chi connectivity index (χ3v) is 5.99. The molecule has 0 aromatic heterocycles. The highest BCUT2D eigenvalue weighted by Gasteiger charge is 2.61. The van der Waals surface area contributed by atoms with Crippen LogP contribution in [0.15, 0.2) is 0 Å². The van der Waals surface area contributed by atoms with Crippen LogP contribution in [0.4, 0.5) is 0 Å². The van der Waals surface area contributed by atoms with Crippen molar-refractivity contribution in [1.29, 1.82) is 5.26 Å². The molecule has 2 heteroatoms. The summed E-state index contributed by atoms with van der Waals surface area (Å²) in [5, 5.41) is 20.8. The molecule has 1 N–H and O–H groups in total. The van der Waals surface area contributed by atoms with E-state index in [2.05, 4.69) is 13.0 Å². The molecule has 2 bridgehead atoms. The summed E-state index contributed by atoms with van der Waals surface area (Å²) < 4.78 is 0. The number of aliphatic hydroxyl groups is 1. The Bertz CT molecular complexity index is 350. The minimum absolute atomic E-state index is 0.417. The Balaban J connectivity index is 1.88. The first-order chi connectivity index (χ1) is 8.10. The predicted molar refractivity (Wildman–Crippen MR) is 66.1 cm³/mol. The molecule has 3 unspecified atom stereocenters. The van der Waals surface area contributed by atoms with Crippen LogP contribution in [-0.2, 0) is 0 Å². The molecule has 0 aromatic rings. The Hall–Kier alpha value is -0.550. The average molecular weight is 233 g/mol. The molecule has 0 heterocycles. The number of nitriles is 1. The van der Waals surface area contributed by atoms with Crippen LogP contribution < -0.4 is 0 Å². The summed E-state index contributed by atoms with van der Waals surface area (Å²) in [6.07, 6.45) is 8.59. The zero-order valence-electron chi connectivity index (χ0n) is 10.8. The highest BCUT2D eigenvalue weighted by Crippen LogP contribution is 2.61. The molecule has 3 atom stereocenters. The van der Waals surface area contributed by atoms with Crippen LogP contribution in [0, 0.1) is 34.5 Å². The molecule has 0 amide bonds. The topological polar surface area (TPSA) is 44.0 Å². The average Bonchev–Trinajstić information content (AvgIpc) is 2.91. The van der Waals surface area contributed by atoms with Gasteiger partial charge in [0.2, 0.25) is 0 Å². The maximum Gasteiger partial charge on any atom is 0.0864 e. The fourth-order valence-corrected chi connectivity index (χ4v) is 4.78. The molecule has 3 aliphatic carbocycles. The van der Waals surface area contributed by atoms with E-state index in [1.54, 1.807) is 0 Å². The molecule has 3 fully saturated rings. The van der Waals surface area contributed by atoms with E-state index in [0.29, 0.717) is 11.8 Å². The first-order valence-corrected chi connectivity index (χ1v) is 7.23. The first-order valence-electron chi connectivity index (χ1n) is 7.23. The zero-order chi connectivity index (χ0) is 12.1. The zero-order valence-corrected chi connectivity index (χ0v) is 10.8. The van der Waals surface area contributed by atoms with Gasteiger partial charge in [0.1, 0.15) is 0 Å². The van der Waals surface area contributed by atoms with Crippen LogP contribution in [-0.4, -0.2) is 10.7 Å². The predicted octanol–water partition coefficient (Wildman–Crippen LogP) is 3.26. The molecule has 17 heavy (non-hydrogen) atoms. The Morgan fingerprint density at radius 2 is 1.88 bits per heavy atom. The minimum atomic E-state index is -0.648. The minimum Gasteiger partial charge on any atom is -0.388 e. The van der Waals surface area contributed by atoms with E-state index >= 15 is 0 Å². The summed E-state index contributed by atoms with van der Waals surface area (Å²) in [5.74, 6) is 1.86. The van der Waals surface area contributed by atoms with Gasteiger partial charge in [-0.25, -0.2) is 0 Å². The van der Waals surface area contributed by atoms with Crippen molar-refractivity contribution in [3.63, 3.8) is 0 Å². The van der Waals surface area contributed by atoms with Gasteiger partial charge in [-0.3, -0.25) is 0 Å². The van der Waals surface area contributed by atoms with Crippen molar-refractivity contribution in [2.45, 2.75) is 63.9 Å². The normalized spacial score (nSPS) is 53.6. The van der Waals surface area contributed by atoms with E-state index in [9.17, 15) is 10.4 Å². The van der Waals surface area contributed by atoms with Crippen LogP contribution in [0.3, 0.4) is 0 Å². The molecule has 0 spiro atoms. The van der Waals surface area contributed by atoms with Crippen molar-refractivity contribution >= 4 is 0 Å². The summed E-state index contributed by atoms with van der Waals surface area (Å²) in [4.78, 5) is 0. The van der Waals surface area contributed by atoms with Crippen molar-refractivity contribution in [3.05, 3.63) is 0 Å². The van der Waals surface area contributed by atoms with Crippen LogP contribution in [0.1, 0.15) is 58.3 Å². The molecule has 3 saturated carbocycles. The molecule has 0 radical (unpaired) electrons. The lowest BCUT2D eigenvalue weighted by molar-refractivity contribution is -0.114. The standard InChI is InChI=1S/C15H23NO/c1-11-4-6-14(10-16,7-5-11)15(17)9-12-2-3-13(15)8-12/h11-13,17H,2-9H2,1H3. The van der Waals surface area contributed by atoms with E-state index in [-0.39, 0.29) is 0 Å². The second-order valence-electron chi connectivity index (χ2n) is 6.88.